The van der Waals surface area contributed by atoms with Crippen LogP contribution in [0.5, 0.6) is 10.9 Å². The zero-order valence-electron chi connectivity index (χ0n) is 16.9. The molecule has 0 saturated carbocycles. The molecule has 1 N–H and O–H groups in total. The molecule has 1 atom stereocenters. The van der Waals surface area contributed by atoms with Crippen molar-refractivity contribution in [1.29, 1.82) is 0 Å². The molecule has 0 unspecified atom stereocenters. The van der Waals surface area contributed by atoms with E-state index in [1.807, 2.05) is 19.9 Å². The van der Waals surface area contributed by atoms with E-state index in [1.165, 1.54) is 12.1 Å². The highest BCUT2D eigenvalue weighted by Crippen LogP contribution is 2.28. The van der Waals surface area contributed by atoms with Crippen LogP contribution in [-0.2, 0) is 6.42 Å². The Kier molecular flexibility index (Phi) is 6.59. The van der Waals surface area contributed by atoms with Crippen LogP contribution < -0.4 is 10.1 Å². The van der Waals surface area contributed by atoms with Crippen LogP contribution in [0.2, 0.25) is 0 Å². The number of ether oxygens (including phenoxy) is 1. The maximum Gasteiger partial charge on any atom is 0.298 e. The van der Waals surface area contributed by atoms with Crippen LogP contribution in [0.4, 0.5) is 4.39 Å². The summed E-state index contributed by atoms with van der Waals surface area (Å²) in [5, 5.41) is 3.40. The lowest BCUT2D eigenvalue weighted by Gasteiger charge is -2.17. The van der Waals surface area contributed by atoms with Crippen molar-refractivity contribution in [2.45, 2.75) is 40.2 Å². The predicted molar refractivity (Wildman–Crippen MR) is 112 cm³/mol. The normalized spacial score (nSPS) is 12.1. The first-order valence-electron chi connectivity index (χ1n) is 9.48. The van der Waals surface area contributed by atoms with Crippen LogP contribution in [0.3, 0.4) is 0 Å². The van der Waals surface area contributed by atoms with E-state index in [1.54, 1.807) is 24.3 Å². The van der Waals surface area contributed by atoms with E-state index >= 15 is 0 Å². The Morgan fingerprint density at radius 3 is 2.59 bits per heavy atom. The van der Waals surface area contributed by atoms with Gasteiger partial charge in [0.05, 0.1) is 0 Å². The minimum absolute atomic E-state index is 0.0744. The van der Waals surface area contributed by atoms with Crippen molar-refractivity contribution in [3.8, 4) is 10.9 Å². The molecule has 7 heteroatoms. The van der Waals surface area contributed by atoms with Crippen molar-refractivity contribution < 1.29 is 13.9 Å². The van der Waals surface area contributed by atoms with Gasteiger partial charge >= 0.3 is 0 Å². The van der Waals surface area contributed by atoms with Gasteiger partial charge in [-0.3, -0.25) is 4.79 Å². The summed E-state index contributed by atoms with van der Waals surface area (Å²) in [5.41, 5.74) is 2.35. The highest BCUT2D eigenvalue weighted by Gasteiger charge is 2.15. The number of benzene rings is 2. The maximum absolute atomic E-state index is 13.0. The van der Waals surface area contributed by atoms with Gasteiger partial charge in [-0.05, 0) is 55.2 Å². The van der Waals surface area contributed by atoms with Gasteiger partial charge in [-0.25, -0.2) is 4.39 Å². The van der Waals surface area contributed by atoms with Gasteiger partial charge in [0.2, 0.25) is 0 Å². The Hall–Kier alpha value is -2.80. The van der Waals surface area contributed by atoms with Gasteiger partial charge in [0.15, 0.2) is 5.82 Å². The second-order valence-electron chi connectivity index (χ2n) is 7.37. The Morgan fingerprint density at radius 2 is 1.90 bits per heavy atom. The summed E-state index contributed by atoms with van der Waals surface area (Å²) in [7, 11) is 0. The molecule has 0 aliphatic carbocycles. The van der Waals surface area contributed by atoms with Gasteiger partial charge in [0, 0.05) is 29.6 Å². The van der Waals surface area contributed by atoms with Gasteiger partial charge in [-0.15, -0.1) is 0 Å². The average Bonchev–Trinajstić information content (AvgIpc) is 3.12. The third kappa shape index (κ3) is 5.60. The van der Waals surface area contributed by atoms with Crippen LogP contribution in [-0.4, -0.2) is 21.3 Å². The van der Waals surface area contributed by atoms with Crippen molar-refractivity contribution in [3.05, 3.63) is 70.8 Å². The average molecular weight is 414 g/mol. The lowest BCUT2D eigenvalue weighted by atomic mass is 10.1. The Balaban J connectivity index is 1.70. The third-order valence-corrected chi connectivity index (χ3v) is 5.36. The zero-order chi connectivity index (χ0) is 21.0. The molecule has 0 aliphatic rings. The van der Waals surface area contributed by atoms with Crippen LogP contribution in [0.25, 0.3) is 0 Å². The van der Waals surface area contributed by atoms with Crippen molar-refractivity contribution in [1.82, 2.24) is 14.7 Å². The lowest BCUT2D eigenvalue weighted by Crippen LogP contribution is -2.36. The summed E-state index contributed by atoms with van der Waals surface area (Å²) in [6.07, 6.45) is 0.495. The van der Waals surface area contributed by atoms with E-state index in [0.717, 1.165) is 22.7 Å². The molecular weight excluding hydrogens is 389 g/mol. The zero-order valence-corrected chi connectivity index (χ0v) is 17.7. The molecule has 3 rings (SSSR count). The van der Waals surface area contributed by atoms with Gasteiger partial charge in [0.25, 0.3) is 11.1 Å². The van der Waals surface area contributed by atoms with E-state index in [0.29, 0.717) is 34.7 Å². The summed E-state index contributed by atoms with van der Waals surface area (Å²) >= 11 is 1.15. The molecule has 5 nitrogen and oxygen atoms in total. The van der Waals surface area contributed by atoms with Gasteiger partial charge in [-0.2, -0.15) is 9.36 Å². The number of amides is 1. The molecule has 2 aromatic carbocycles. The van der Waals surface area contributed by atoms with Crippen molar-refractivity contribution in [3.63, 3.8) is 0 Å². The minimum atomic E-state index is -0.272. The largest absolute Gasteiger partial charge is 0.430 e. The third-order valence-electron chi connectivity index (χ3n) is 4.73. The second-order valence-corrected chi connectivity index (χ2v) is 8.08. The van der Waals surface area contributed by atoms with Crippen LogP contribution in [0.15, 0.2) is 42.5 Å². The summed E-state index contributed by atoms with van der Waals surface area (Å²) in [6.45, 7) is 8.02. The molecule has 0 saturated heterocycles. The molecule has 1 heterocycles. The van der Waals surface area contributed by atoms with Crippen LogP contribution in [0, 0.1) is 18.7 Å². The number of aryl methyl sites for hydroxylation is 1. The van der Waals surface area contributed by atoms with E-state index in [4.69, 9.17) is 4.74 Å². The fraction of sp³-hybridized carbons (Fsp3) is 0.318. The predicted octanol–water partition coefficient (Wildman–Crippen LogP) is 5.14. The number of halogens is 1. The van der Waals surface area contributed by atoms with Crippen molar-refractivity contribution >= 4 is 17.4 Å². The SMILES string of the molecule is Cc1ccc(C(=O)N[C@@H](C)C(C)C)cc1Oc1nc(Cc2ccc(F)cc2)ns1. The van der Waals surface area contributed by atoms with Gasteiger partial charge < -0.3 is 10.1 Å². The second kappa shape index (κ2) is 9.13. The van der Waals surface area contributed by atoms with Gasteiger partial charge in [0.1, 0.15) is 11.6 Å². The number of rotatable bonds is 7. The Labute approximate surface area is 174 Å². The Bertz CT molecular complexity index is 986. The van der Waals surface area contributed by atoms with Crippen LogP contribution >= 0.6 is 11.5 Å². The number of carbonyl (C=O) groups excluding carboxylic acids is 1. The van der Waals surface area contributed by atoms with E-state index in [9.17, 15) is 9.18 Å². The fourth-order valence-corrected chi connectivity index (χ4v) is 3.10. The highest BCUT2D eigenvalue weighted by molar-refractivity contribution is 7.07. The van der Waals surface area contributed by atoms with E-state index in [-0.39, 0.29) is 17.8 Å². The summed E-state index contributed by atoms with van der Waals surface area (Å²) in [6, 6.07) is 11.7. The van der Waals surface area contributed by atoms with Gasteiger partial charge in [-0.1, -0.05) is 32.0 Å². The number of hydrogen-bond donors (Lipinski definition) is 1. The van der Waals surface area contributed by atoms with Crippen molar-refractivity contribution in [2.75, 3.05) is 0 Å². The smallest absolute Gasteiger partial charge is 0.298 e. The summed E-state index contributed by atoms with van der Waals surface area (Å²) in [5.74, 6) is 1.12. The first-order valence-corrected chi connectivity index (χ1v) is 10.3. The van der Waals surface area contributed by atoms with Crippen molar-refractivity contribution in [2.24, 2.45) is 5.92 Å². The highest BCUT2D eigenvalue weighted by atomic mass is 32.1. The maximum atomic E-state index is 13.0. The molecule has 29 heavy (non-hydrogen) atoms. The molecule has 0 spiro atoms. The first-order chi connectivity index (χ1) is 13.8. The molecular formula is C22H24FN3O2S. The topological polar surface area (TPSA) is 64.1 Å². The summed E-state index contributed by atoms with van der Waals surface area (Å²) < 4.78 is 23.2. The lowest BCUT2D eigenvalue weighted by molar-refractivity contribution is 0.0930. The Morgan fingerprint density at radius 1 is 1.17 bits per heavy atom. The number of nitrogens with one attached hydrogen (secondary N) is 1. The first kappa shape index (κ1) is 20.9. The summed E-state index contributed by atoms with van der Waals surface area (Å²) in [4.78, 5) is 16.9. The van der Waals surface area contributed by atoms with Crippen LogP contribution in [0.1, 0.15) is 48.1 Å². The monoisotopic (exact) mass is 413 g/mol. The van der Waals surface area contributed by atoms with E-state index < -0.39 is 0 Å². The molecule has 0 fully saturated rings. The molecule has 0 bridgehead atoms. The molecule has 1 amide bonds. The number of aromatic nitrogens is 2. The quantitative estimate of drug-likeness (QED) is 0.582. The molecule has 152 valence electrons. The molecule has 0 aliphatic heterocycles. The number of nitrogens with zero attached hydrogens (tertiary/aromatic N) is 2. The fourth-order valence-electron chi connectivity index (χ4n) is 2.54. The molecule has 1 aromatic heterocycles. The van der Waals surface area contributed by atoms with E-state index in [2.05, 4.69) is 28.5 Å². The standard InChI is InChI=1S/C22H24FN3O2S/c1-13(2)15(4)24-21(27)17-8-5-14(3)19(12-17)28-22-25-20(26-29-22)11-16-6-9-18(23)10-7-16/h5-10,12-13,15H,11H2,1-4H3,(H,24,27)/t15-/m0/s1. The molecule has 3 aromatic rings. The molecule has 0 radical (unpaired) electrons. The number of carbonyl (C=O) groups is 1. The number of hydrogen-bond acceptors (Lipinski definition) is 5. The minimum Gasteiger partial charge on any atom is -0.430 e.